The summed E-state index contributed by atoms with van der Waals surface area (Å²) in [5, 5.41) is 12.4. The maximum atomic E-state index is 12.6. The normalized spacial score (nSPS) is 11.3. The van der Waals surface area contributed by atoms with Crippen molar-refractivity contribution in [1.29, 1.82) is 0 Å². The Morgan fingerprint density at radius 3 is 2.31 bits per heavy atom. The van der Waals surface area contributed by atoms with Gasteiger partial charge in [0.05, 0.1) is 13.2 Å². The molecule has 0 saturated heterocycles. The molecule has 1 amide bonds. The molecule has 0 aliphatic heterocycles. The van der Waals surface area contributed by atoms with E-state index in [-0.39, 0.29) is 11.3 Å². The van der Waals surface area contributed by atoms with E-state index in [0.29, 0.717) is 35.4 Å². The number of nitrogens with one attached hydrogen (secondary N) is 1. The Labute approximate surface area is 158 Å². The van der Waals surface area contributed by atoms with Crippen molar-refractivity contribution in [1.82, 2.24) is 10.2 Å². The van der Waals surface area contributed by atoms with Gasteiger partial charge in [-0.1, -0.05) is 46.0 Å². The van der Waals surface area contributed by atoms with E-state index >= 15 is 0 Å². The minimum atomic E-state index is -0.245. The summed E-state index contributed by atoms with van der Waals surface area (Å²) in [5.41, 5.74) is 0.396. The van der Waals surface area contributed by atoms with Crippen LogP contribution in [-0.2, 0) is 5.41 Å². The van der Waals surface area contributed by atoms with Crippen molar-refractivity contribution < 1.29 is 14.3 Å². The molecule has 1 aromatic carbocycles. The third-order valence-electron chi connectivity index (χ3n) is 3.42. The molecule has 7 heteroatoms. The number of hydrogen-bond acceptors (Lipinski definition) is 6. The highest BCUT2D eigenvalue weighted by Gasteiger charge is 2.20. The first kappa shape index (κ1) is 20.2. The quantitative estimate of drug-likeness (QED) is 0.724. The molecule has 142 valence electrons. The van der Waals surface area contributed by atoms with Crippen molar-refractivity contribution in [3.63, 3.8) is 0 Å². The molecular weight excluding hydrogens is 350 g/mol. The fraction of sp³-hybridized carbons (Fsp3) is 0.526. The number of carbonyl (C=O) groups is 1. The zero-order valence-corrected chi connectivity index (χ0v) is 16.9. The number of carbonyl (C=O) groups excluding carboxylic acids is 1. The maximum Gasteiger partial charge on any atom is 0.257 e. The molecule has 0 unspecified atom stereocenters. The van der Waals surface area contributed by atoms with Crippen molar-refractivity contribution in [2.75, 3.05) is 18.5 Å². The van der Waals surface area contributed by atoms with E-state index in [1.807, 2.05) is 13.8 Å². The predicted octanol–water partition coefficient (Wildman–Crippen LogP) is 4.67. The van der Waals surface area contributed by atoms with Gasteiger partial charge in [-0.05, 0) is 31.0 Å². The Morgan fingerprint density at radius 2 is 1.73 bits per heavy atom. The van der Waals surface area contributed by atoms with Crippen LogP contribution < -0.4 is 14.8 Å². The largest absolute Gasteiger partial charge is 0.490 e. The van der Waals surface area contributed by atoms with Crippen LogP contribution in [0.15, 0.2) is 18.2 Å². The minimum Gasteiger partial charge on any atom is -0.490 e. The van der Waals surface area contributed by atoms with Gasteiger partial charge in [-0.3, -0.25) is 10.1 Å². The molecule has 0 fully saturated rings. The lowest BCUT2D eigenvalue weighted by molar-refractivity contribution is 0.102. The smallest absolute Gasteiger partial charge is 0.257 e. The molecule has 0 spiro atoms. The molecule has 26 heavy (non-hydrogen) atoms. The van der Waals surface area contributed by atoms with E-state index in [2.05, 4.69) is 36.3 Å². The van der Waals surface area contributed by atoms with Crippen LogP contribution in [0, 0.1) is 0 Å². The summed E-state index contributed by atoms with van der Waals surface area (Å²) in [6.45, 7) is 11.4. The van der Waals surface area contributed by atoms with Crippen LogP contribution in [0.4, 0.5) is 5.13 Å². The summed E-state index contributed by atoms with van der Waals surface area (Å²) < 4.78 is 11.4. The number of amides is 1. The third-order valence-corrected chi connectivity index (χ3v) is 4.68. The second-order valence-electron chi connectivity index (χ2n) is 6.97. The van der Waals surface area contributed by atoms with Crippen LogP contribution in [-0.4, -0.2) is 29.3 Å². The average molecular weight is 378 g/mol. The Kier molecular flexibility index (Phi) is 6.97. The van der Waals surface area contributed by atoms with Crippen molar-refractivity contribution in [2.24, 2.45) is 0 Å². The van der Waals surface area contributed by atoms with Crippen LogP contribution in [0.25, 0.3) is 0 Å². The molecular formula is C19H27N3O3S. The standard InChI is InChI=1S/C19H27N3O3S/c1-6-10-24-14-9-8-13(12-15(14)25-11-7-2)16(23)20-18-22-21-17(26-18)19(3,4)5/h8-9,12H,6-7,10-11H2,1-5H3,(H,20,22,23). The van der Waals surface area contributed by atoms with Gasteiger partial charge in [0, 0.05) is 11.0 Å². The Bertz CT molecular complexity index is 738. The molecule has 2 aromatic rings. The zero-order chi connectivity index (χ0) is 19.2. The molecule has 0 bridgehead atoms. The molecule has 0 radical (unpaired) electrons. The Hall–Kier alpha value is -2.15. The van der Waals surface area contributed by atoms with E-state index in [1.165, 1.54) is 11.3 Å². The van der Waals surface area contributed by atoms with Gasteiger partial charge in [0.15, 0.2) is 11.5 Å². The lowest BCUT2D eigenvalue weighted by Crippen LogP contribution is -2.12. The molecule has 1 aromatic heterocycles. The van der Waals surface area contributed by atoms with E-state index in [0.717, 1.165) is 17.8 Å². The fourth-order valence-corrected chi connectivity index (χ4v) is 2.85. The SMILES string of the molecule is CCCOc1ccc(C(=O)Nc2nnc(C(C)(C)C)s2)cc1OCCC. The number of rotatable bonds is 8. The van der Waals surface area contributed by atoms with Crippen LogP contribution in [0.2, 0.25) is 0 Å². The van der Waals surface area contributed by atoms with Gasteiger partial charge in [-0.25, -0.2) is 0 Å². The predicted molar refractivity (Wildman–Crippen MR) is 105 cm³/mol. The van der Waals surface area contributed by atoms with Crippen LogP contribution in [0.5, 0.6) is 11.5 Å². The van der Waals surface area contributed by atoms with Gasteiger partial charge in [0.2, 0.25) is 5.13 Å². The van der Waals surface area contributed by atoms with E-state index < -0.39 is 0 Å². The zero-order valence-electron chi connectivity index (χ0n) is 16.1. The Morgan fingerprint density at radius 1 is 1.08 bits per heavy atom. The van der Waals surface area contributed by atoms with Crippen molar-refractivity contribution in [3.05, 3.63) is 28.8 Å². The van der Waals surface area contributed by atoms with Gasteiger partial charge in [-0.15, -0.1) is 10.2 Å². The topological polar surface area (TPSA) is 73.3 Å². The third kappa shape index (κ3) is 5.42. The molecule has 2 rings (SSSR count). The first-order chi connectivity index (χ1) is 12.3. The number of nitrogens with zero attached hydrogens (tertiary/aromatic N) is 2. The van der Waals surface area contributed by atoms with Crippen LogP contribution in [0.3, 0.4) is 0 Å². The van der Waals surface area contributed by atoms with Crippen molar-refractivity contribution >= 4 is 22.4 Å². The fourth-order valence-electron chi connectivity index (χ4n) is 2.05. The molecule has 6 nitrogen and oxygen atoms in total. The van der Waals surface area contributed by atoms with Gasteiger partial charge < -0.3 is 9.47 Å². The highest BCUT2D eigenvalue weighted by atomic mass is 32.1. The second-order valence-corrected chi connectivity index (χ2v) is 7.95. The highest BCUT2D eigenvalue weighted by Crippen LogP contribution is 2.30. The summed E-state index contributed by atoms with van der Waals surface area (Å²) in [5.74, 6) is 0.994. The van der Waals surface area contributed by atoms with E-state index in [4.69, 9.17) is 9.47 Å². The van der Waals surface area contributed by atoms with Crippen molar-refractivity contribution in [3.8, 4) is 11.5 Å². The maximum absolute atomic E-state index is 12.6. The number of anilines is 1. The first-order valence-electron chi connectivity index (χ1n) is 8.90. The minimum absolute atomic E-state index is 0.0972. The van der Waals surface area contributed by atoms with E-state index in [9.17, 15) is 4.79 Å². The average Bonchev–Trinajstić information content (AvgIpc) is 3.07. The molecule has 0 aliphatic rings. The van der Waals surface area contributed by atoms with Gasteiger partial charge in [-0.2, -0.15) is 0 Å². The summed E-state index contributed by atoms with van der Waals surface area (Å²) in [4.78, 5) is 12.6. The lowest BCUT2D eigenvalue weighted by Gasteiger charge is -2.13. The molecule has 1 N–H and O–H groups in total. The molecule has 0 aliphatic carbocycles. The first-order valence-corrected chi connectivity index (χ1v) is 9.71. The van der Waals surface area contributed by atoms with Gasteiger partial charge in [0.1, 0.15) is 5.01 Å². The second kappa shape index (κ2) is 8.98. The number of aromatic nitrogens is 2. The number of ether oxygens (including phenoxy) is 2. The number of benzene rings is 1. The van der Waals surface area contributed by atoms with E-state index in [1.54, 1.807) is 18.2 Å². The summed E-state index contributed by atoms with van der Waals surface area (Å²) >= 11 is 1.39. The molecule has 0 atom stereocenters. The lowest BCUT2D eigenvalue weighted by atomic mass is 9.98. The van der Waals surface area contributed by atoms with Crippen LogP contribution in [0.1, 0.15) is 62.8 Å². The molecule has 0 saturated carbocycles. The van der Waals surface area contributed by atoms with Crippen molar-refractivity contribution in [2.45, 2.75) is 52.9 Å². The summed E-state index contributed by atoms with van der Waals surface area (Å²) in [6.07, 6.45) is 1.78. The van der Waals surface area contributed by atoms with Gasteiger partial charge in [0.25, 0.3) is 5.91 Å². The van der Waals surface area contributed by atoms with Crippen LogP contribution >= 0.6 is 11.3 Å². The summed E-state index contributed by atoms with van der Waals surface area (Å²) in [7, 11) is 0. The number of hydrogen-bond donors (Lipinski definition) is 1. The Balaban J connectivity index is 2.15. The van der Waals surface area contributed by atoms with Gasteiger partial charge >= 0.3 is 0 Å². The molecule has 1 heterocycles. The monoisotopic (exact) mass is 377 g/mol. The summed E-state index contributed by atoms with van der Waals surface area (Å²) in [6, 6.07) is 5.21. The highest BCUT2D eigenvalue weighted by molar-refractivity contribution is 7.15.